The Labute approximate surface area is 235 Å². The van der Waals surface area contributed by atoms with E-state index < -0.39 is 60.6 Å². The van der Waals surface area contributed by atoms with Gasteiger partial charge in [0.25, 0.3) is 11.8 Å². The van der Waals surface area contributed by atoms with Gasteiger partial charge < -0.3 is 52.1 Å². The van der Waals surface area contributed by atoms with E-state index in [9.17, 15) is 39.0 Å². The molecule has 0 aromatic heterocycles. The first-order valence-electron chi connectivity index (χ1n) is 11.0. The van der Waals surface area contributed by atoms with Gasteiger partial charge in [0.2, 0.25) is 0 Å². The second-order valence-corrected chi connectivity index (χ2v) is 7.79. The zero-order valence-corrected chi connectivity index (χ0v) is 23.6. The predicted octanol–water partition coefficient (Wildman–Crippen LogP) is -2.04. The fraction of sp³-hybridized carbons (Fsp3) is 0.250. The summed E-state index contributed by atoms with van der Waals surface area (Å²) in [6, 6.07) is 9.26. The second-order valence-electron chi connectivity index (χ2n) is 7.79. The summed E-state index contributed by atoms with van der Waals surface area (Å²) in [6.45, 7) is 0. The summed E-state index contributed by atoms with van der Waals surface area (Å²) in [5, 5.41) is 42.8. The Morgan fingerprint density at radius 1 is 0.641 bits per heavy atom. The van der Waals surface area contributed by atoms with Crippen LogP contribution in [-0.2, 0) is 38.7 Å². The maximum atomic E-state index is 11.7. The van der Waals surface area contributed by atoms with Crippen molar-refractivity contribution in [1.29, 1.82) is 0 Å². The molecule has 0 saturated carbocycles. The Morgan fingerprint density at radius 3 is 1.15 bits per heavy atom. The quantitative estimate of drug-likeness (QED) is 0.114. The summed E-state index contributed by atoms with van der Waals surface area (Å²) in [6.07, 6.45) is -1.37. The van der Waals surface area contributed by atoms with Crippen molar-refractivity contribution in [3.63, 3.8) is 0 Å². The number of carboxylic acids is 4. The van der Waals surface area contributed by atoms with Crippen molar-refractivity contribution in [3.8, 4) is 0 Å². The number of carbonyl (C=O) groups is 6. The van der Waals surface area contributed by atoms with Gasteiger partial charge in [0.1, 0.15) is 12.1 Å². The number of rotatable bonds is 12. The van der Waals surface area contributed by atoms with Crippen LogP contribution in [0.5, 0.6) is 0 Å². The van der Waals surface area contributed by atoms with Crippen LogP contribution in [-0.4, -0.2) is 58.0 Å². The molecule has 8 N–H and O–H groups in total. The molecule has 2 atom stereocenters. The van der Waals surface area contributed by atoms with Crippen LogP contribution in [0.2, 0.25) is 0 Å². The van der Waals surface area contributed by atoms with Crippen LogP contribution >= 0.6 is 0 Å². The minimum Gasteiger partial charge on any atom is -0.550 e. The topological polar surface area (TPSA) is 265 Å². The van der Waals surface area contributed by atoms with Gasteiger partial charge in [-0.1, -0.05) is 0 Å². The van der Waals surface area contributed by atoms with Crippen LogP contribution in [0, 0.1) is 0 Å². The van der Waals surface area contributed by atoms with Crippen LogP contribution in [0.15, 0.2) is 48.5 Å². The molecule has 0 aliphatic heterocycles. The van der Waals surface area contributed by atoms with Crippen molar-refractivity contribution >= 4 is 47.1 Å². The van der Waals surface area contributed by atoms with Gasteiger partial charge in [-0.15, -0.1) is 0 Å². The molecule has 0 unspecified atom stereocenters. The number of hydrogen-bond acceptors (Lipinski definition) is 10. The van der Waals surface area contributed by atoms with Crippen LogP contribution < -0.4 is 32.3 Å². The third-order valence-corrected chi connectivity index (χ3v) is 4.83. The first-order chi connectivity index (χ1) is 17.8. The van der Waals surface area contributed by atoms with Gasteiger partial charge >= 0.3 is 31.4 Å². The van der Waals surface area contributed by atoms with Crippen molar-refractivity contribution < 1.29 is 68.7 Å². The van der Waals surface area contributed by atoms with E-state index in [0.29, 0.717) is 11.4 Å². The maximum absolute atomic E-state index is 11.7. The molecular weight excluding hydrogens is 570 g/mol. The first kappa shape index (κ1) is 34.5. The molecule has 0 bridgehead atoms. The van der Waals surface area contributed by atoms with Crippen LogP contribution in [0.4, 0.5) is 11.4 Å². The minimum absolute atomic E-state index is 0. The third kappa shape index (κ3) is 13.6. The minimum atomic E-state index is -1.37. The third-order valence-electron chi connectivity index (χ3n) is 4.83. The number of nitrogen functional groups attached to an aromatic ring is 2. The molecule has 204 valence electrons. The normalized spacial score (nSPS) is 11.3. The molecule has 15 heteroatoms. The molecule has 0 aliphatic rings. The Bertz CT molecular complexity index is 1070. The molecule has 14 nitrogen and oxygen atoms in total. The summed E-state index contributed by atoms with van der Waals surface area (Å²) in [7, 11) is 0. The number of nitrogens with one attached hydrogen (secondary N) is 2. The molecule has 0 saturated heterocycles. The second kappa shape index (κ2) is 17.1. The van der Waals surface area contributed by atoms with Gasteiger partial charge in [0.05, 0.1) is 0 Å². The largest absolute Gasteiger partial charge is 2.00 e. The van der Waals surface area contributed by atoms with Crippen LogP contribution in [0.3, 0.4) is 0 Å². The molecule has 2 aromatic carbocycles. The molecule has 0 fully saturated rings. The van der Waals surface area contributed by atoms with Crippen LogP contribution in [0.1, 0.15) is 46.4 Å². The van der Waals surface area contributed by atoms with E-state index in [2.05, 4.69) is 10.6 Å². The zero-order valence-electron chi connectivity index (χ0n) is 20.6. The number of benzene rings is 2. The van der Waals surface area contributed by atoms with Crippen molar-refractivity contribution in [3.05, 3.63) is 59.7 Å². The fourth-order valence-electron chi connectivity index (χ4n) is 2.79. The fourth-order valence-corrected chi connectivity index (χ4v) is 2.79. The van der Waals surface area contributed by atoms with Gasteiger partial charge in [-0.05, 0) is 74.2 Å². The van der Waals surface area contributed by atoms with Crippen LogP contribution in [0.25, 0.3) is 0 Å². The van der Waals surface area contributed by atoms with Gasteiger partial charge in [-0.3, -0.25) is 9.59 Å². The molecule has 2 aromatic rings. The summed E-state index contributed by atoms with van der Waals surface area (Å²) in [5.74, 6) is -6.55. The van der Waals surface area contributed by atoms with E-state index in [1.807, 2.05) is 0 Å². The van der Waals surface area contributed by atoms with Crippen molar-refractivity contribution in [2.45, 2.75) is 37.8 Å². The maximum Gasteiger partial charge on any atom is 2.00 e. The number of anilines is 2. The number of hydrogen-bond donors (Lipinski definition) is 6. The summed E-state index contributed by atoms with van der Waals surface area (Å²) >= 11 is 0. The molecule has 0 spiro atoms. The van der Waals surface area contributed by atoms with E-state index in [-0.39, 0.29) is 43.4 Å². The molecule has 0 radical (unpaired) electrons. The number of aliphatic carboxylic acids is 4. The van der Waals surface area contributed by atoms with E-state index in [0.717, 1.165) is 0 Å². The smallest absolute Gasteiger partial charge is 0.550 e. The molecule has 2 rings (SSSR count). The van der Waals surface area contributed by atoms with Gasteiger partial charge in [-0.25, -0.2) is 9.59 Å². The zero-order chi connectivity index (χ0) is 28.8. The number of nitrogens with two attached hydrogens (primary N) is 2. The summed E-state index contributed by atoms with van der Waals surface area (Å²) in [5.41, 5.74) is 12.4. The standard InChI is InChI=1S/2C12H14N2O5.Zn/c2*13-8-3-1-7(2-4-8)11(17)14-9(12(18)19)5-6-10(15)16;/h2*1-4,9H,5-6,13H2,(H,14,17)(H,15,16)(H,18,19);/q;;+2/p-2/t2*9-;/m00./s1. The van der Waals surface area contributed by atoms with Crippen molar-refractivity contribution in [2.24, 2.45) is 0 Å². The monoisotopic (exact) mass is 594 g/mol. The average Bonchev–Trinajstić information content (AvgIpc) is 2.84. The number of amides is 2. The number of carboxylic acid groups (broad SMARTS) is 4. The Balaban J connectivity index is 0.000000722. The molecule has 2 amide bonds. The van der Waals surface area contributed by atoms with E-state index in [4.69, 9.17) is 21.7 Å². The van der Waals surface area contributed by atoms with E-state index >= 15 is 0 Å². The first-order valence-corrected chi connectivity index (χ1v) is 11.0. The average molecular weight is 596 g/mol. The predicted molar refractivity (Wildman–Crippen MR) is 128 cm³/mol. The summed E-state index contributed by atoms with van der Waals surface area (Å²) in [4.78, 5) is 65.8. The van der Waals surface area contributed by atoms with E-state index in [1.165, 1.54) is 48.5 Å². The Hall–Kier alpha value is -4.52. The summed E-state index contributed by atoms with van der Waals surface area (Å²) < 4.78 is 0. The Kier molecular flexibility index (Phi) is 15.1. The van der Waals surface area contributed by atoms with E-state index in [1.54, 1.807) is 0 Å². The molecule has 0 aliphatic carbocycles. The van der Waals surface area contributed by atoms with Gasteiger partial charge in [0.15, 0.2) is 0 Å². The van der Waals surface area contributed by atoms with Gasteiger partial charge in [-0.2, -0.15) is 0 Å². The Morgan fingerprint density at radius 2 is 0.923 bits per heavy atom. The SMILES string of the molecule is Nc1ccc(C(=O)N[C@@H](CCC(=O)[O-])C(=O)O)cc1.Nc1ccc(C(=O)N[C@@H](CCC(=O)[O-])C(=O)O)cc1.[Zn+2]. The molecule has 39 heavy (non-hydrogen) atoms. The van der Waals surface area contributed by atoms with Gasteiger partial charge in [0, 0.05) is 34.4 Å². The van der Waals surface area contributed by atoms with Crippen molar-refractivity contribution in [1.82, 2.24) is 10.6 Å². The molecular formula is C24H26N4O10Zn. The number of carbonyl (C=O) groups excluding carboxylic acids is 4. The van der Waals surface area contributed by atoms with Crippen molar-refractivity contribution in [2.75, 3.05) is 11.5 Å². The molecule has 0 heterocycles.